The fraction of sp³-hybridized carbons (Fsp3) is 0.625. The summed E-state index contributed by atoms with van der Waals surface area (Å²) < 4.78 is 0. The van der Waals surface area contributed by atoms with Gasteiger partial charge in [-0.25, -0.2) is 0 Å². The minimum Gasteiger partial charge on any atom is -0.506 e. The van der Waals surface area contributed by atoms with Gasteiger partial charge in [0.25, 0.3) is 0 Å². The first-order valence-electron chi connectivity index (χ1n) is 7.81. The standard InChI is InChI=1S/C16H23N3O2/c20-13-6-12(7-17-9-13)8-19-15(21)14-10-18-11-16(14)4-2-1-3-5-16/h6-7,9,14,18,20H,1-5,8,10-11H2,(H,19,21). The Balaban J connectivity index is 1.62. The number of nitrogens with one attached hydrogen (secondary N) is 2. The highest BCUT2D eigenvalue weighted by atomic mass is 16.3. The van der Waals surface area contributed by atoms with E-state index >= 15 is 0 Å². The summed E-state index contributed by atoms with van der Waals surface area (Å²) >= 11 is 0. The van der Waals surface area contributed by atoms with Crippen molar-refractivity contribution in [3.8, 4) is 5.75 Å². The summed E-state index contributed by atoms with van der Waals surface area (Å²) in [4.78, 5) is 16.5. The third kappa shape index (κ3) is 3.02. The Kier molecular flexibility index (Phi) is 4.10. The maximum atomic E-state index is 12.5. The molecule has 5 nitrogen and oxygen atoms in total. The van der Waals surface area contributed by atoms with Crippen molar-refractivity contribution in [2.45, 2.75) is 38.6 Å². The number of aromatic nitrogens is 1. The fourth-order valence-electron chi connectivity index (χ4n) is 3.84. The zero-order valence-corrected chi connectivity index (χ0v) is 12.3. The van der Waals surface area contributed by atoms with Gasteiger partial charge in [0, 0.05) is 25.8 Å². The van der Waals surface area contributed by atoms with Gasteiger partial charge in [-0.2, -0.15) is 0 Å². The molecule has 1 saturated carbocycles. The molecule has 2 aliphatic rings. The van der Waals surface area contributed by atoms with Crippen molar-refractivity contribution in [2.24, 2.45) is 11.3 Å². The molecular formula is C16H23N3O2. The molecule has 0 radical (unpaired) electrons. The van der Waals surface area contributed by atoms with Crippen LogP contribution in [0.25, 0.3) is 0 Å². The van der Waals surface area contributed by atoms with E-state index < -0.39 is 0 Å². The summed E-state index contributed by atoms with van der Waals surface area (Å²) in [6.07, 6.45) is 9.15. The van der Waals surface area contributed by atoms with Crippen LogP contribution in [-0.2, 0) is 11.3 Å². The first-order chi connectivity index (χ1) is 10.2. The lowest BCUT2D eigenvalue weighted by molar-refractivity contribution is -0.128. The Morgan fingerprint density at radius 2 is 2.19 bits per heavy atom. The predicted molar refractivity (Wildman–Crippen MR) is 79.6 cm³/mol. The van der Waals surface area contributed by atoms with Crippen LogP contribution < -0.4 is 10.6 Å². The highest BCUT2D eigenvalue weighted by molar-refractivity contribution is 5.80. The molecule has 3 rings (SSSR count). The van der Waals surface area contributed by atoms with E-state index in [1.54, 1.807) is 12.3 Å². The Hall–Kier alpha value is -1.62. The normalized spacial score (nSPS) is 24.1. The molecule has 0 aromatic carbocycles. The molecule has 0 bridgehead atoms. The van der Waals surface area contributed by atoms with E-state index in [1.165, 1.54) is 25.5 Å². The largest absolute Gasteiger partial charge is 0.506 e. The average Bonchev–Trinajstić information content (AvgIpc) is 2.89. The molecule has 1 aromatic heterocycles. The van der Waals surface area contributed by atoms with E-state index in [0.717, 1.165) is 31.5 Å². The smallest absolute Gasteiger partial charge is 0.225 e. The van der Waals surface area contributed by atoms with Gasteiger partial charge in [0.15, 0.2) is 0 Å². The van der Waals surface area contributed by atoms with Crippen LogP contribution in [0.15, 0.2) is 18.5 Å². The van der Waals surface area contributed by atoms with Crippen LogP contribution in [0.2, 0.25) is 0 Å². The molecule has 1 unspecified atom stereocenters. The van der Waals surface area contributed by atoms with Gasteiger partial charge in [0.2, 0.25) is 5.91 Å². The molecule has 1 saturated heterocycles. The van der Waals surface area contributed by atoms with Crippen molar-refractivity contribution in [2.75, 3.05) is 13.1 Å². The van der Waals surface area contributed by atoms with Crippen molar-refractivity contribution in [1.82, 2.24) is 15.6 Å². The number of pyridine rings is 1. The summed E-state index contributed by atoms with van der Waals surface area (Å²) in [6.45, 7) is 2.18. The second-order valence-corrected chi connectivity index (χ2v) is 6.38. The summed E-state index contributed by atoms with van der Waals surface area (Å²) in [7, 11) is 0. The quantitative estimate of drug-likeness (QED) is 0.789. The van der Waals surface area contributed by atoms with Gasteiger partial charge in [-0.1, -0.05) is 19.3 Å². The van der Waals surface area contributed by atoms with E-state index in [0.29, 0.717) is 6.54 Å². The predicted octanol–water partition coefficient (Wildman–Crippen LogP) is 1.57. The number of hydrogen-bond donors (Lipinski definition) is 3. The maximum absolute atomic E-state index is 12.5. The molecule has 1 amide bonds. The number of aromatic hydroxyl groups is 1. The molecular weight excluding hydrogens is 266 g/mol. The Morgan fingerprint density at radius 3 is 2.95 bits per heavy atom. The minimum absolute atomic E-state index is 0.0723. The van der Waals surface area contributed by atoms with Gasteiger partial charge in [0.1, 0.15) is 5.75 Å². The van der Waals surface area contributed by atoms with Crippen LogP contribution in [0.1, 0.15) is 37.7 Å². The second kappa shape index (κ2) is 6.02. The molecule has 5 heteroatoms. The zero-order valence-electron chi connectivity index (χ0n) is 12.3. The van der Waals surface area contributed by atoms with Gasteiger partial charge in [-0.3, -0.25) is 9.78 Å². The lowest BCUT2D eigenvalue weighted by atomic mass is 9.67. The third-order valence-electron chi connectivity index (χ3n) is 4.98. The summed E-state index contributed by atoms with van der Waals surface area (Å²) in [5, 5.41) is 15.8. The number of carbonyl (C=O) groups is 1. The lowest BCUT2D eigenvalue weighted by Gasteiger charge is -2.37. The molecule has 1 spiro atoms. The van der Waals surface area contributed by atoms with Gasteiger partial charge in [0.05, 0.1) is 12.1 Å². The summed E-state index contributed by atoms with van der Waals surface area (Å²) in [6, 6.07) is 1.64. The Morgan fingerprint density at radius 1 is 1.38 bits per heavy atom. The number of hydrogen-bond acceptors (Lipinski definition) is 4. The minimum atomic E-state index is 0.0723. The van der Waals surface area contributed by atoms with Gasteiger partial charge in [-0.05, 0) is 29.9 Å². The summed E-state index contributed by atoms with van der Waals surface area (Å²) in [5.74, 6) is 0.335. The van der Waals surface area contributed by atoms with E-state index in [2.05, 4.69) is 15.6 Å². The van der Waals surface area contributed by atoms with Crippen molar-refractivity contribution in [3.63, 3.8) is 0 Å². The van der Waals surface area contributed by atoms with E-state index in [-0.39, 0.29) is 23.0 Å². The van der Waals surface area contributed by atoms with Crippen molar-refractivity contribution >= 4 is 5.91 Å². The molecule has 1 aliphatic heterocycles. The fourth-order valence-corrected chi connectivity index (χ4v) is 3.84. The molecule has 2 heterocycles. The number of carbonyl (C=O) groups excluding carboxylic acids is 1. The van der Waals surface area contributed by atoms with Crippen LogP contribution in [-0.4, -0.2) is 29.1 Å². The van der Waals surface area contributed by atoms with Crippen LogP contribution in [0.5, 0.6) is 5.75 Å². The number of rotatable bonds is 3. The second-order valence-electron chi connectivity index (χ2n) is 6.38. The first-order valence-corrected chi connectivity index (χ1v) is 7.81. The Bertz CT molecular complexity index is 512. The van der Waals surface area contributed by atoms with Gasteiger partial charge in [-0.15, -0.1) is 0 Å². The molecule has 1 aliphatic carbocycles. The van der Waals surface area contributed by atoms with Crippen molar-refractivity contribution in [1.29, 1.82) is 0 Å². The highest BCUT2D eigenvalue weighted by Crippen LogP contribution is 2.44. The van der Waals surface area contributed by atoms with Crippen LogP contribution in [0.4, 0.5) is 0 Å². The molecule has 21 heavy (non-hydrogen) atoms. The SMILES string of the molecule is O=C(NCc1cncc(O)c1)C1CNCC12CCCCC2. The number of amides is 1. The van der Waals surface area contributed by atoms with Crippen LogP contribution in [0, 0.1) is 11.3 Å². The van der Waals surface area contributed by atoms with Crippen molar-refractivity contribution in [3.05, 3.63) is 24.0 Å². The van der Waals surface area contributed by atoms with Gasteiger partial charge < -0.3 is 15.7 Å². The number of nitrogens with zero attached hydrogens (tertiary/aromatic N) is 1. The van der Waals surface area contributed by atoms with E-state index in [1.807, 2.05) is 0 Å². The molecule has 1 aromatic rings. The van der Waals surface area contributed by atoms with E-state index in [4.69, 9.17) is 0 Å². The topological polar surface area (TPSA) is 74.2 Å². The monoisotopic (exact) mass is 289 g/mol. The summed E-state index contributed by atoms with van der Waals surface area (Å²) in [5.41, 5.74) is 0.992. The van der Waals surface area contributed by atoms with Crippen LogP contribution >= 0.6 is 0 Å². The third-order valence-corrected chi connectivity index (χ3v) is 4.98. The average molecular weight is 289 g/mol. The van der Waals surface area contributed by atoms with Crippen molar-refractivity contribution < 1.29 is 9.90 Å². The highest BCUT2D eigenvalue weighted by Gasteiger charge is 2.46. The van der Waals surface area contributed by atoms with Crippen LogP contribution in [0.3, 0.4) is 0 Å². The lowest BCUT2D eigenvalue weighted by Crippen LogP contribution is -2.42. The van der Waals surface area contributed by atoms with E-state index in [9.17, 15) is 9.90 Å². The first kappa shape index (κ1) is 14.3. The molecule has 3 N–H and O–H groups in total. The zero-order chi connectivity index (χ0) is 14.7. The molecule has 1 atom stereocenters. The Labute approximate surface area is 125 Å². The molecule has 114 valence electrons. The molecule has 2 fully saturated rings. The maximum Gasteiger partial charge on any atom is 0.225 e. The van der Waals surface area contributed by atoms with Gasteiger partial charge >= 0.3 is 0 Å².